The summed E-state index contributed by atoms with van der Waals surface area (Å²) in [6, 6.07) is 1.73. The molecule has 0 aliphatic carbocycles. The lowest BCUT2D eigenvalue weighted by molar-refractivity contribution is 1.46. The maximum Gasteiger partial charge on any atom is 0.111 e. The minimum Gasteiger partial charge on any atom is -0.285 e. The highest BCUT2D eigenvalue weighted by molar-refractivity contribution is 5.74. The van der Waals surface area contributed by atoms with Crippen molar-refractivity contribution in [2.75, 3.05) is 7.05 Å². The molecule has 2 heteroatoms. The minimum absolute atomic E-state index is 1.18. The van der Waals surface area contributed by atoms with Gasteiger partial charge < -0.3 is 0 Å². The van der Waals surface area contributed by atoms with E-state index in [-0.39, 0.29) is 0 Å². The van der Waals surface area contributed by atoms with E-state index in [2.05, 4.69) is 4.99 Å². The normalized spacial score (nSPS) is 8.00. The smallest absolute Gasteiger partial charge is 0.111 e. The molecule has 0 aromatic rings. The van der Waals surface area contributed by atoms with E-state index in [0.29, 0.717) is 0 Å². The van der Waals surface area contributed by atoms with E-state index in [1.807, 2.05) is 0 Å². The summed E-state index contributed by atoms with van der Waals surface area (Å²) in [5.74, 6) is 0. The van der Waals surface area contributed by atoms with Gasteiger partial charge >= 0.3 is 0 Å². The third kappa shape index (κ3) is 3.16. The molecule has 0 amide bonds. The van der Waals surface area contributed by atoms with Gasteiger partial charge in [0.05, 0.1) is 6.21 Å². The van der Waals surface area contributed by atoms with E-state index in [0.717, 1.165) is 0 Å². The first-order valence-corrected chi connectivity index (χ1v) is 1.22. The van der Waals surface area contributed by atoms with Gasteiger partial charge in [0, 0.05) is 7.05 Å². The molecule has 0 rings (SSSR count). The largest absolute Gasteiger partial charge is 0.285 e. The molecule has 0 aromatic carbocycles. The van der Waals surface area contributed by atoms with Crippen LogP contribution in [0.3, 0.4) is 0 Å². The molecule has 0 aliphatic heterocycles. The fourth-order valence-corrected chi connectivity index (χ4v) is 0.0577. The maximum absolute atomic E-state index is 7.67. The molecule has 0 atom stereocenters. The number of nitrogens with zero attached hydrogens (tertiary/aromatic N) is 2. The van der Waals surface area contributed by atoms with Crippen LogP contribution in [0, 0.1) is 11.3 Å². The summed E-state index contributed by atoms with van der Waals surface area (Å²) in [7, 11) is 1.56. The van der Waals surface area contributed by atoms with Crippen LogP contribution >= 0.6 is 0 Å². The van der Waals surface area contributed by atoms with Crippen molar-refractivity contribution < 1.29 is 0 Å². The molecule has 26 valence electrons. The SMILES string of the molecule is C/N=C\C#N. The molecule has 0 unspecified atom stereocenters. The highest BCUT2D eigenvalue weighted by Crippen LogP contribution is 1.41. The number of hydrogen-bond acceptors (Lipinski definition) is 2. The standard InChI is InChI=1S/C3H4N2/c1-5-3-2-4/h3H,1H3/b5-3-. The topological polar surface area (TPSA) is 36.1 Å². The van der Waals surface area contributed by atoms with Crippen molar-refractivity contribution >= 4 is 6.21 Å². The lowest BCUT2D eigenvalue weighted by Gasteiger charge is -1.51. The van der Waals surface area contributed by atoms with Crippen LogP contribution in [-0.4, -0.2) is 13.3 Å². The third-order valence-electron chi connectivity index (χ3n) is 0.187. The highest BCUT2D eigenvalue weighted by atomic mass is 14.6. The fourth-order valence-electron chi connectivity index (χ4n) is 0.0577. The zero-order valence-corrected chi connectivity index (χ0v) is 2.97. The van der Waals surface area contributed by atoms with Crippen LogP contribution in [0.2, 0.25) is 0 Å². The zero-order valence-electron chi connectivity index (χ0n) is 2.97. The molecule has 0 saturated carbocycles. The van der Waals surface area contributed by atoms with Crippen LogP contribution in [0.5, 0.6) is 0 Å². The molecule has 0 saturated heterocycles. The Morgan fingerprint density at radius 2 is 2.60 bits per heavy atom. The van der Waals surface area contributed by atoms with Crippen molar-refractivity contribution in [2.45, 2.75) is 0 Å². The van der Waals surface area contributed by atoms with Gasteiger partial charge in [-0.15, -0.1) is 0 Å². The second-order valence-electron chi connectivity index (χ2n) is 0.516. The molecule has 0 fully saturated rings. The summed E-state index contributed by atoms with van der Waals surface area (Å²) in [5.41, 5.74) is 0. The summed E-state index contributed by atoms with van der Waals surface area (Å²) in [4.78, 5) is 3.37. The quantitative estimate of drug-likeness (QED) is 0.374. The predicted octanol–water partition coefficient (Wildman–Crippen LogP) is 0.211. The summed E-state index contributed by atoms with van der Waals surface area (Å²) < 4.78 is 0. The van der Waals surface area contributed by atoms with Gasteiger partial charge in [0.25, 0.3) is 0 Å². The molecule has 5 heavy (non-hydrogen) atoms. The van der Waals surface area contributed by atoms with Crippen LogP contribution < -0.4 is 0 Å². The molecule has 0 radical (unpaired) electrons. The average molecular weight is 68.1 g/mol. The molecule has 0 aromatic heterocycles. The van der Waals surface area contributed by atoms with Crippen LogP contribution in [0.25, 0.3) is 0 Å². The van der Waals surface area contributed by atoms with E-state index < -0.39 is 0 Å². The number of nitriles is 1. The Morgan fingerprint density at radius 3 is 2.60 bits per heavy atom. The first-order valence-electron chi connectivity index (χ1n) is 1.22. The summed E-state index contributed by atoms with van der Waals surface area (Å²) in [6.07, 6.45) is 1.18. The Kier molecular flexibility index (Phi) is 2.63. The Labute approximate surface area is 30.8 Å². The molecule has 0 aliphatic rings. The van der Waals surface area contributed by atoms with E-state index in [9.17, 15) is 0 Å². The predicted molar refractivity (Wildman–Crippen MR) is 20.0 cm³/mol. The Bertz CT molecular complexity index is 67.5. The number of rotatable bonds is 0. The average Bonchev–Trinajstić information content (AvgIpc) is 1.41. The second kappa shape index (κ2) is 3.16. The van der Waals surface area contributed by atoms with Crippen molar-refractivity contribution in [3.8, 4) is 6.07 Å². The van der Waals surface area contributed by atoms with Gasteiger partial charge in [0.2, 0.25) is 0 Å². The maximum atomic E-state index is 7.67. The lowest BCUT2D eigenvalue weighted by atomic mass is 10.8. The van der Waals surface area contributed by atoms with Gasteiger partial charge in [-0.05, 0) is 0 Å². The molecule has 0 N–H and O–H groups in total. The van der Waals surface area contributed by atoms with Crippen molar-refractivity contribution in [3.63, 3.8) is 0 Å². The van der Waals surface area contributed by atoms with Crippen LogP contribution in [0.15, 0.2) is 4.99 Å². The third-order valence-corrected chi connectivity index (χ3v) is 0.187. The van der Waals surface area contributed by atoms with E-state index in [4.69, 9.17) is 5.26 Å². The summed E-state index contributed by atoms with van der Waals surface area (Å²) in [6.45, 7) is 0. The van der Waals surface area contributed by atoms with Gasteiger partial charge in [0.15, 0.2) is 0 Å². The molecule has 0 heterocycles. The van der Waals surface area contributed by atoms with E-state index in [1.54, 1.807) is 13.1 Å². The van der Waals surface area contributed by atoms with Gasteiger partial charge in [0.1, 0.15) is 6.07 Å². The molecule has 2 nitrogen and oxygen atoms in total. The lowest BCUT2D eigenvalue weighted by Crippen LogP contribution is -1.54. The van der Waals surface area contributed by atoms with Crippen molar-refractivity contribution in [3.05, 3.63) is 0 Å². The monoisotopic (exact) mass is 68.0 g/mol. The molecular weight excluding hydrogens is 64.0 g/mol. The Hall–Kier alpha value is -0.840. The minimum atomic E-state index is 1.18. The first-order chi connectivity index (χ1) is 2.41. The van der Waals surface area contributed by atoms with Gasteiger partial charge in [-0.3, -0.25) is 4.99 Å². The zero-order chi connectivity index (χ0) is 4.12. The summed E-state index contributed by atoms with van der Waals surface area (Å²) >= 11 is 0. The number of aliphatic imine (C=N–C) groups is 1. The van der Waals surface area contributed by atoms with Crippen molar-refractivity contribution in [1.82, 2.24) is 0 Å². The van der Waals surface area contributed by atoms with Gasteiger partial charge in [-0.25, -0.2) is 0 Å². The van der Waals surface area contributed by atoms with Crippen LogP contribution in [-0.2, 0) is 0 Å². The molecular formula is C3H4N2. The van der Waals surface area contributed by atoms with Crippen LogP contribution in [0.1, 0.15) is 0 Å². The van der Waals surface area contributed by atoms with E-state index >= 15 is 0 Å². The Balaban J connectivity index is 3.04. The first kappa shape index (κ1) is 4.16. The van der Waals surface area contributed by atoms with Gasteiger partial charge in [-0.2, -0.15) is 5.26 Å². The summed E-state index contributed by atoms with van der Waals surface area (Å²) in [5, 5.41) is 7.67. The van der Waals surface area contributed by atoms with Crippen molar-refractivity contribution in [2.24, 2.45) is 4.99 Å². The van der Waals surface area contributed by atoms with Crippen molar-refractivity contribution in [1.29, 1.82) is 5.26 Å². The highest BCUT2D eigenvalue weighted by Gasteiger charge is 1.46. The molecule has 0 spiro atoms. The van der Waals surface area contributed by atoms with Gasteiger partial charge in [-0.1, -0.05) is 0 Å². The second-order valence-corrected chi connectivity index (χ2v) is 0.516. The number of hydrogen-bond donors (Lipinski definition) is 0. The molecule has 0 bridgehead atoms. The van der Waals surface area contributed by atoms with E-state index in [1.165, 1.54) is 6.21 Å². The Morgan fingerprint density at radius 1 is 2.00 bits per heavy atom. The fraction of sp³-hybridized carbons (Fsp3) is 0.333. The van der Waals surface area contributed by atoms with Crippen LogP contribution in [0.4, 0.5) is 0 Å².